The Balaban J connectivity index is 3.09. The molecular formula is C9H8N3O6S-. The highest BCUT2D eigenvalue weighted by Crippen LogP contribution is 2.36. The molecule has 1 aromatic carbocycles. The van der Waals surface area contributed by atoms with E-state index in [1.807, 2.05) is 0 Å². The second-order valence-corrected chi connectivity index (χ2v) is 4.50. The predicted octanol–water partition coefficient (Wildman–Crippen LogP) is 0.317. The molecule has 0 heterocycles. The van der Waals surface area contributed by atoms with E-state index in [2.05, 4.69) is 0 Å². The molecule has 1 rings (SSSR count). The number of rotatable bonds is 6. The average molecular weight is 286 g/mol. The number of nitrogens with two attached hydrogens (primary N) is 1. The minimum absolute atomic E-state index is 0.0421. The SMILES string of the molecule is Nc1cc(SCCC(=O)[O-])c([N+](=O)[O-])cc1[N+](=O)[O-]. The fraction of sp³-hybridized carbons (Fsp3) is 0.222. The molecule has 1 aromatic rings. The fourth-order valence-electron chi connectivity index (χ4n) is 1.23. The molecular weight excluding hydrogens is 278 g/mol. The van der Waals surface area contributed by atoms with Crippen LogP contribution in [0.1, 0.15) is 6.42 Å². The quantitative estimate of drug-likeness (QED) is 0.339. The molecule has 102 valence electrons. The summed E-state index contributed by atoms with van der Waals surface area (Å²) < 4.78 is 0. The summed E-state index contributed by atoms with van der Waals surface area (Å²) in [6.07, 6.45) is -0.293. The molecule has 0 fully saturated rings. The third-order valence-electron chi connectivity index (χ3n) is 2.07. The Kier molecular flexibility index (Phi) is 4.64. The highest BCUT2D eigenvalue weighted by molar-refractivity contribution is 7.99. The van der Waals surface area contributed by atoms with E-state index in [0.717, 1.165) is 23.9 Å². The van der Waals surface area contributed by atoms with E-state index in [1.54, 1.807) is 0 Å². The summed E-state index contributed by atoms with van der Waals surface area (Å²) >= 11 is 0.873. The highest BCUT2D eigenvalue weighted by atomic mass is 32.2. The molecule has 0 aliphatic rings. The van der Waals surface area contributed by atoms with Crippen LogP contribution in [0.5, 0.6) is 0 Å². The van der Waals surface area contributed by atoms with E-state index >= 15 is 0 Å². The van der Waals surface area contributed by atoms with Gasteiger partial charge in [0.2, 0.25) is 0 Å². The number of hydrogen-bond acceptors (Lipinski definition) is 8. The molecule has 0 unspecified atom stereocenters. The summed E-state index contributed by atoms with van der Waals surface area (Å²) in [5.41, 5.74) is 4.16. The Labute approximate surface area is 110 Å². The Morgan fingerprint density at radius 2 is 1.79 bits per heavy atom. The monoisotopic (exact) mass is 286 g/mol. The number of carboxylic acid groups (broad SMARTS) is 1. The van der Waals surface area contributed by atoms with Gasteiger partial charge in [-0.2, -0.15) is 0 Å². The number of nitrogen functional groups attached to an aromatic ring is 1. The van der Waals surface area contributed by atoms with E-state index < -0.39 is 27.2 Å². The third-order valence-corrected chi connectivity index (χ3v) is 3.11. The average Bonchev–Trinajstić information content (AvgIpc) is 2.27. The summed E-state index contributed by atoms with van der Waals surface area (Å²) in [7, 11) is 0. The standard InChI is InChI=1S/C9H9N3O6S/c10-5-3-8(19-2-1-9(13)14)7(12(17)18)4-6(5)11(15)16/h3-4H,1-2,10H2,(H,13,14)/p-1. The lowest BCUT2D eigenvalue weighted by atomic mass is 10.2. The zero-order valence-electron chi connectivity index (χ0n) is 9.40. The van der Waals surface area contributed by atoms with Crippen molar-refractivity contribution in [3.8, 4) is 0 Å². The molecule has 0 amide bonds. The third kappa shape index (κ3) is 3.81. The second-order valence-electron chi connectivity index (χ2n) is 3.36. The largest absolute Gasteiger partial charge is 0.550 e. The molecule has 0 aliphatic carbocycles. The van der Waals surface area contributed by atoms with Gasteiger partial charge >= 0.3 is 0 Å². The topological polar surface area (TPSA) is 152 Å². The van der Waals surface area contributed by atoms with Gasteiger partial charge in [0.25, 0.3) is 11.4 Å². The van der Waals surface area contributed by atoms with Gasteiger partial charge in [0.15, 0.2) is 0 Å². The van der Waals surface area contributed by atoms with Crippen LogP contribution >= 0.6 is 11.8 Å². The van der Waals surface area contributed by atoms with Crippen molar-refractivity contribution >= 4 is 34.8 Å². The number of carbonyl (C=O) groups excluding carboxylic acids is 1. The van der Waals surface area contributed by atoms with Crippen LogP contribution in [0.15, 0.2) is 17.0 Å². The molecule has 0 radical (unpaired) electrons. The lowest BCUT2D eigenvalue weighted by molar-refractivity contribution is -0.395. The van der Waals surface area contributed by atoms with Crippen LogP contribution in [0.4, 0.5) is 17.1 Å². The van der Waals surface area contributed by atoms with Gasteiger partial charge in [0, 0.05) is 11.7 Å². The molecule has 0 saturated carbocycles. The van der Waals surface area contributed by atoms with Gasteiger partial charge in [-0.15, -0.1) is 11.8 Å². The predicted molar refractivity (Wildman–Crippen MR) is 64.5 cm³/mol. The van der Waals surface area contributed by atoms with Crippen molar-refractivity contribution in [2.24, 2.45) is 0 Å². The number of nitro groups is 2. The summed E-state index contributed by atoms with van der Waals surface area (Å²) in [4.78, 5) is 30.1. The first-order valence-corrected chi connectivity index (χ1v) is 5.86. The Hall–Kier alpha value is -2.36. The molecule has 0 aliphatic heterocycles. The minimum atomic E-state index is -1.29. The van der Waals surface area contributed by atoms with Crippen molar-refractivity contribution in [3.63, 3.8) is 0 Å². The van der Waals surface area contributed by atoms with Gasteiger partial charge in [0.1, 0.15) is 5.69 Å². The van der Waals surface area contributed by atoms with E-state index in [9.17, 15) is 30.1 Å². The number of carbonyl (C=O) groups is 1. The van der Waals surface area contributed by atoms with Crippen LogP contribution in [0, 0.1) is 20.2 Å². The van der Waals surface area contributed by atoms with Gasteiger partial charge in [-0.1, -0.05) is 0 Å². The Morgan fingerprint density at radius 3 is 2.26 bits per heavy atom. The van der Waals surface area contributed by atoms with Crippen LogP contribution in [0.25, 0.3) is 0 Å². The first kappa shape index (κ1) is 14.7. The van der Waals surface area contributed by atoms with E-state index in [0.29, 0.717) is 0 Å². The Bertz CT molecular complexity index is 547. The molecule has 10 heteroatoms. The fourth-order valence-corrected chi connectivity index (χ4v) is 2.21. The van der Waals surface area contributed by atoms with Crippen molar-refractivity contribution < 1.29 is 19.7 Å². The molecule has 2 N–H and O–H groups in total. The first-order chi connectivity index (χ1) is 8.82. The van der Waals surface area contributed by atoms with Crippen LogP contribution in [0.2, 0.25) is 0 Å². The van der Waals surface area contributed by atoms with Gasteiger partial charge in [0.05, 0.1) is 20.8 Å². The molecule has 9 nitrogen and oxygen atoms in total. The van der Waals surface area contributed by atoms with E-state index in [-0.39, 0.29) is 22.8 Å². The second kappa shape index (κ2) is 6.00. The number of thioether (sulfide) groups is 1. The molecule has 0 atom stereocenters. The number of anilines is 1. The van der Waals surface area contributed by atoms with Crippen molar-refractivity contribution in [2.75, 3.05) is 11.5 Å². The van der Waals surface area contributed by atoms with Crippen molar-refractivity contribution in [1.29, 1.82) is 0 Å². The summed E-state index contributed by atoms with van der Waals surface area (Å²) in [5, 5.41) is 31.7. The summed E-state index contributed by atoms with van der Waals surface area (Å²) in [6.45, 7) is 0. The van der Waals surface area contributed by atoms with Crippen LogP contribution < -0.4 is 10.8 Å². The maximum Gasteiger partial charge on any atom is 0.299 e. The van der Waals surface area contributed by atoms with Crippen LogP contribution in [-0.4, -0.2) is 21.6 Å². The zero-order chi connectivity index (χ0) is 14.6. The number of aliphatic carboxylic acids is 1. The van der Waals surface area contributed by atoms with Crippen molar-refractivity contribution in [3.05, 3.63) is 32.4 Å². The smallest absolute Gasteiger partial charge is 0.299 e. The van der Waals surface area contributed by atoms with Gasteiger partial charge in [-0.3, -0.25) is 20.2 Å². The lowest BCUT2D eigenvalue weighted by Crippen LogP contribution is -2.22. The van der Waals surface area contributed by atoms with Crippen molar-refractivity contribution in [1.82, 2.24) is 0 Å². The maximum atomic E-state index is 10.8. The van der Waals surface area contributed by atoms with E-state index in [1.165, 1.54) is 0 Å². The normalized spacial score (nSPS) is 10.1. The zero-order valence-corrected chi connectivity index (χ0v) is 10.2. The number of nitrogens with zero attached hydrogens (tertiary/aromatic N) is 2. The highest BCUT2D eigenvalue weighted by Gasteiger charge is 2.23. The number of benzene rings is 1. The van der Waals surface area contributed by atoms with Gasteiger partial charge in [-0.05, 0) is 12.5 Å². The summed E-state index contributed by atoms with van der Waals surface area (Å²) in [6, 6.07) is 1.85. The molecule has 19 heavy (non-hydrogen) atoms. The number of carboxylic acids is 1. The van der Waals surface area contributed by atoms with E-state index in [4.69, 9.17) is 5.73 Å². The lowest BCUT2D eigenvalue weighted by Gasteiger charge is -2.05. The van der Waals surface area contributed by atoms with Gasteiger partial charge < -0.3 is 15.6 Å². The first-order valence-electron chi connectivity index (χ1n) is 4.88. The number of hydrogen-bond donors (Lipinski definition) is 1. The van der Waals surface area contributed by atoms with Crippen LogP contribution in [0.3, 0.4) is 0 Å². The maximum absolute atomic E-state index is 10.8. The molecule has 0 bridgehead atoms. The number of nitro benzene ring substituents is 2. The molecule has 0 spiro atoms. The van der Waals surface area contributed by atoms with Crippen molar-refractivity contribution in [2.45, 2.75) is 11.3 Å². The minimum Gasteiger partial charge on any atom is -0.550 e. The summed E-state index contributed by atoms with van der Waals surface area (Å²) in [5.74, 6) is -1.24. The molecule has 0 aromatic heterocycles. The Morgan fingerprint density at radius 1 is 1.21 bits per heavy atom. The van der Waals surface area contributed by atoms with Crippen LogP contribution in [-0.2, 0) is 4.79 Å². The molecule has 0 saturated heterocycles. The van der Waals surface area contributed by atoms with Gasteiger partial charge in [-0.25, -0.2) is 0 Å².